The van der Waals surface area contributed by atoms with Crippen LogP contribution in [0.3, 0.4) is 0 Å². The van der Waals surface area contributed by atoms with Crippen molar-refractivity contribution in [3.05, 3.63) is 65.9 Å². The maximum Gasteiger partial charge on any atom is 0.270 e. The topological polar surface area (TPSA) is 134 Å². The van der Waals surface area contributed by atoms with Gasteiger partial charge >= 0.3 is 0 Å². The highest BCUT2D eigenvalue weighted by Gasteiger charge is 2.20. The van der Waals surface area contributed by atoms with Crippen LogP contribution in [0.1, 0.15) is 46.7 Å². The molecular formula is C25H29N7O3S. The zero-order valence-electron chi connectivity index (χ0n) is 20.4. The lowest BCUT2D eigenvalue weighted by Crippen LogP contribution is -2.38. The number of fused-ring (bicyclic) bond motifs is 1. The van der Waals surface area contributed by atoms with Gasteiger partial charge in [0.25, 0.3) is 11.8 Å². The lowest BCUT2D eigenvalue weighted by Gasteiger charge is -2.18. The van der Waals surface area contributed by atoms with Crippen molar-refractivity contribution in [2.75, 3.05) is 19.0 Å². The molecule has 0 aliphatic rings. The number of imidazole rings is 1. The number of aliphatic hydroxyl groups is 1. The number of nitrogens with zero attached hydrogens (tertiary/aromatic N) is 4. The van der Waals surface area contributed by atoms with Gasteiger partial charge in [0, 0.05) is 32.2 Å². The van der Waals surface area contributed by atoms with E-state index >= 15 is 0 Å². The van der Waals surface area contributed by atoms with Gasteiger partial charge in [-0.3, -0.25) is 19.0 Å². The van der Waals surface area contributed by atoms with E-state index in [2.05, 4.69) is 30.9 Å². The summed E-state index contributed by atoms with van der Waals surface area (Å²) in [6.45, 7) is 4.20. The molecule has 1 atom stereocenters. The lowest BCUT2D eigenvalue weighted by atomic mass is 10.0. The van der Waals surface area contributed by atoms with E-state index in [4.69, 9.17) is 0 Å². The Balaban J connectivity index is 1.44. The van der Waals surface area contributed by atoms with Gasteiger partial charge in [0.15, 0.2) is 5.13 Å². The van der Waals surface area contributed by atoms with Crippen molar-refractivity contribution in [1.82, 2.24) is 30.0 Å². The van der Waals surface area contributed by atoms with Crippen molar-refractivity contribution in [1.29, 1.82) is 0 Å². The summed E-state index contributed by atoms with van der Waals surface area (Å²) < 4.78 is 1.58. The van der Waals surface area contributed by atoms with Crippen molar-refractivity contribution in [2.24, 2.45) is 5.92 Å². The molecule has 0 aromatic carbocycles. The Morgan fingerprint density at radius 1 is 1.08 bits per heavy atom. The Bertz CT molecular complexity index is 1350. The first-order valence-corrected chi connectivity index (χ1v) is 12.5. The third-order valence-electron chi connectivity index (χ3n) is 5.57. The fourth-order valence-electron chi connectivity index (χ4n) is 3.82. The molecule has 0 fully saturated rings. The second-order valence-electron chi connectivity index (χ2n) is 8.76. The Morgan fingerprint density at radius 2 is 1.92 bits per heavy atom. The Kier molecular flexibility index (Phi) is 7.91. The molecule has 0 bridgehead atoms. The average molecular weight is 508 g/mol. The van der Waals surface area contributed by atoms with Crippen LogP contribution in [0.5, 0.6) is 0 Å². The number of anilines is 1. The highest BCUT2D eigenvalue weighted by molar-refractivity contribution is 7.18. The van der Waals surface area contributed by atoms with E-state index in [0.717, 1.165) is 21.3 Å². The SMILES string of the molecule is CNc1ncc(-c2ccc(CNC(=O)c3cccn4c(C(=O)N[C@H](CO)CC(C)C)cnc34)cn2)s1. The molecule has 0 saturated carbocycles. The van der Waals surface area contributed by atoms with Crippen LogP contribution in [0, 0.1) is 5.92 Å². The average Bonchev–Trinajstić information content (AvgIpc) is 3.54. The summed E-state index contributed by atoms with van der Waals surface area (Å²) in [4.78, 5) is 39.8. The molecule has 10 nitrogen and oxygen atoms in total. The molecule has 0 aliphatic carbocycles. The van der Waals surface area contributed by atoms with E-state index in [1.807, 2.05) is 33.0 Å². The number of nitrogens with one attached hydrogen (secondary N) is 3. The number of rotatable bonds is 10. The Hall–Kier alpha value is -3.83. The minimum atomic E-state index is -0.353. The molecule has 0 aliphatic heterocycles. The Labute approximate surface area is 212 Å². The molecule has 0 radical (unpaired) electrons. The molecule has 2 amide bonds. The van der Waals surface area contributed by atoms with Gasteiger partial charge in [-0.05, 0) is 36.1 Å². The summed E-state index contributed by atoms with van der Waals surface area (Å²) in [5.74, 6) is -0.338. The van der Waals surface area contributed by atoms with Gasteiger partial charge in [0.05, 0.1) is 35.0 Å². The molecule has 4 aromatic rings. The number of amides is 2. The van der Waals surface area contributed by atoms with Crippen molar-refractivity contribution < 1.29 is 14.7 Å². The van der Waals surface area contributed by atoms with Crippen molar-refractivity contribution in [3.8, 4) is 10.6 Å². The highest BCUT2D eigenvalue weighted by atomic mass is 32.1. The van der Waals surface area contributed by atoms with Gasteiger partial charge in [-0.15, -0.1) is 0 Å². The first-order chi connectivity index (χ1) is 17.4. The summed E-state index contributed by atoms with van der Waals surface area (Å²) in [6.07, 6.45) is 7.28. The molecule has 4 N–H and O–H groups in total. The second kappa shape index (κ2) is 11.3. The van der Waals surface area contributed by atoms with E-state index < -0.39 is 0 Å². The number of carbonyl (C=O) groups excluding carboxylic acids is 2. The molecule has 0 spiro atoms. The van der Waals surface area contributed by atoms with Gasteiger partial charge in [-0.2, -0.15) is 0 Å². The normalized spacial score (nSPS) is 12.0. The summed E-state index contributed by atoms with van der Waals surface area (Å²) in [5, 5.41) is 19.2. The van der Waals surface area contributed by atoms with Crippen LogP contribution in [-0.4, -0.2) is 56.0 Å². The molecular weight excluding hydrogens is 478 g/mol. The summed E-state index contributed by atoms with van der Waals surface area (Å²) in [5.41, 5.74) is 2.69. The van der Waals surface area contributed by atoms with Crippen molar-refractivity contribution in [2.45, 2.75) is 32.9 Å². The van der Waals surface area contributed by atoms with Crippen molar-refractivity contribution in [3.63, 3.8) is 0 Å². The van der Waals surface area contributed by atoms with Crippen LogP contribution >= 0.6 is 11.3 Å². The highest BCUT2D eigenvalue weighted by Crippen LogP contribution is 2.27. The molecule has 0 unspecified atom stereocenters. The quantitative estimate of drug-likeness (QED) is 0.259. The number of pyridine rings is 2. The van der Waals surface area contributed by atoms with Crippen LogP contribution in [-0.2, 0) is 6.54 Å². The van der Waals surface area contributed by atoms with Gasteiger partial charge in [-0.25, -0.2) is 9.97 Å². The van der Waals surface area contributed by atoms with Crippen LogP contribution < -0.4 is 16.0 Å². The van der Waals surface area contributed by atoms with Gasteiger partial charge in [-0.1, -0.05) is 31.3 Å². The second-order valence-corrected chi connectivity index (χ2v) is 9.79. The number of carbonyl (C=O) groups is 2. The molecule has 0 saturated heterocycles. The van der Waals surface area contributed by atoms with E-state index in [1.54, 1.807) is 35.1 Å². The van der Waals surface area contributed by atoms with E-state index in [0.29, 0.717) is 35.8 Å². The number of thiazole rings is 1. The van der Waals surface area contributed by atoms with Crippen LogP contribution in [0.2, 0.25) is 0 Å². The maximum atomic E-state index is 12.9. The van der Waals surface area contributed by atoms with Crippen LogP contribution in [0.25, 0.3) is 16.2 Å². The third-order valence-corrected chi connectivity index (χ3v) is 6.61. The minimum absolute atomic E-state index is 0.147. The Morgan fingerprint density at radius 3 is 2.58 bits per heavy atom. The fourth-order valence-corrected chi connectivity index (χ4v) is 4.57. The molecule has 36 heavy (non-hydrogen) atoms. The molecule has 188 valence electrons. The fraction of sp³-hybridized carbons (Fsp3) is 0.320. The number of hydrogen-bond acceptors (Lipinski definition) is 8. The summed E-state index contributed by atoms with van der Waals surface area (Å²) in [7, 11) is 1.82. The van der Waals surface area contributed by atoms with Crippen LogP contribution in [0.4, 0.5) is 5.13 Å². The van der Waals surface area contributed by atoms with Gasteiger partial charge in [0.2, 0.25) is 0 Å². The molecule has 11 heteroatoms. The predicted octanol–water partition coefficient (Wildman–Crippen LogP) is 2.96. The van der Waals surface area contributed by atoms with E-state index in [-0.39, 0.29) is 24.5 Å². The number of aliphatic hydroxyl groups excluding tert-OH is 1. The van der Waals surface area contributed by atoms with Crippen LogP contribution in [0.15, 0.2) is 49.1 Å². The number of aromatic nitrogens is 4. The molecule has 4 heterocycles. The van der Waals surface area contributed by atoms with Gasteiger partial charge in [0.1, 0.15) is 11.3 Å². The van der Waals surface area contributed by atoms with Gasteiger partial charge < -0.3 is 21.1 Å². The predicted molar refractivity (Wildman–Crippen MR) is 139 cm³/mol. The number of hydrogen-bond donors (Lipinski definition) is 4. The zero-order valence-corrected chi connectivity index (χ0v) is 21.2. The first kappa shape index (κ1) is 25.3. The largest absolute Gasteiger partial charge is 0.394 e. The minimum Gasteiger partial charge on any atom is -0.394 e. The van der Waals surface area contributed by atoms with Crippen molar-refractivity contribution >= 4 is 33.9 Å². The standard InChI is InChI=1S/C25H29N7O3S/c1-15(2)9-17(14-33)31-24(35)20-12-28-22-18(5-4-8-32(20)22)23(34)29-11-16-6-7-19(27-10-16)21-13-30-25(26-3)36-21/h4-8,10,12-13,15,17,33H,9,11,14H2,1-3H3,(H,26,30)(H,29,34)(H,31,35)/t17-/m0/s1. The molecule has 4 rings (SSSR count). The maximum absolute atomic E-state index is 12.9. The van der Waals surface area contributed by atoms with E-state index in [1.165, 1.54) is 17.5 Å². The smallest absolute Gasteiger partial charge is 0.270 e. The zero-order chi connectivity index (χ0) is 25.7. The monoisotopic (exact) mass is 507 g/mol. The lowest BCUT2D eigenvalue weighted by molar-refractivity contribution is 0.0900. The first-order valence-electron chi connectivity index (χ1n) is 11.6. The summed E-state index contributed by atoms with van der Waals surface area (Å²) >= 11 is 1.51. The van der Waals surface area contributed by atoms with E-state index in [9.17, 15) is 14.7 Å². The third kappa shape index (κ3) is 5.69. The molecule has 4 aromatic heterocycles. The summed E-state index contributed by atoms with van der Waals surface area (Å²) in [6, 6.07) is 6.82.